The summed E-state index contributed by atoms with van der Waals surface area (Å²) < 4.78 is 58.1. The molecular weight excluding hydrogens is 559 g/mol. The molecular formula is C28H33FN2O7S2. The summed E-state index contributed by atoms with van der Waals surface area (Å²) in [4.78, 5) is 25.6. The molecule has 3 rings (SSSR count). The molecule has 0 aliphatic carbocycles. The van der Waals surface area contributed by atoms with Crippen molar-refractivity contribution in [3.05, 3.63) is 82.5 Å². The number of nitrogens with zero attached hydrogens (tertiary/aromatic N) is 1. The molecule has 12 heteroatoms. The normalized spacial score (nSPS) is 12.8. The van der Waals surface area contributed by atoms with Crippen molar-refractivity contribution in [2.75, 3.05) is 32.8 Å². The first-order valence-electron chi connectivity index (χ1n) is 12.3. The summed E-state index contributed by atoms with van der Waals surface area (Å²) >= 11 is 0.856. The molecule has 1 unspecified atom stereocenters. The highest BCUT2D eigenvalue weighted by atomic mass is 32.2. The molecule has 1 heterocycles. The predicted octanol–water partition coefficient (Wildman–Crippen LogP) is 5.64. The van der Waals surface area contributed by atoms with Crippen molar-refractivity contribution in [1.82, 2.24) is 4.31 Å². The van der Waals surface area contributed by atoms with Gasteiger partial charge in [-0.1, -0.05) is 42.5 Å². The Hall–Kier alpha value is -3.16. The minimum absolute atomic E-state index is 0.0475. The van der Waals surface area contributed by atoms with Crippen molar-refractivity contribution in [2.24, 2.45) is 0 Å². The highest BCUT2D eigenvalue weighted by Gasteiger charge is 2.32. The van der Waals surface area contributed by atoms with Gasteiger partial charge in [-0.2, -0.15) is 4.31 Å². The topological polar surface area (TPSA) is 111 Å². The molecule has 0 bridgehead atoms. The van der Waals surface area contributed by atoms with Gasteiger partial charge in [0.25, 0.3) is 0 Å². The molecule has 0 aliphatic heterocycles. The smallest absolute Gasteiger partial charge is 0.412 e. The summed E-state index contributed by atoms with van der Waals surface area (Å²) in [7, 11) is -1.48. The minimum atomic E-state index is -4.25. The molecule has 0 spiro atoms. The fourth-order valence-electron chi connectivity index (χ4n) is 3.64. The van der Waals surface area contributed by atoms with Gasteiger partial charge < -0.3 is 14.2 Å². The van der Waals surface area contributed by atoms with Crippen molar-refractivity contribution < 1.29 is 36.6 Å². The number of Topliss-reactive ketones (excluding diaryl/α,β-unsaturated/α-hetero) is 1. The monoisotopic (exact) mass is 592 g/mol. The third-order valence-corrected chi connectivity index (χ3v) is 8.60. The first kappa shape index (κ1) is 31.4. The first-order chi connectivity index (χ1) is 18.8. The van der Waals surface area contributed by atoms with E-state index in [0.717, 1.165) is 21.2 Å². The summed E-state index contributed by atoms with van der Waals surface area (Å²) in [6.45, 7) is 4.74. The number of nitrogens with one attached hydrogen (secondary N) is 1. The molecule has 2 aromatic carbocycles. The van der Waals surface area contributed by atoms with Crippen LogP contribution in [0.1, 0.15) is 47.7 Å². The van der Waals surface area contributed by atoms with Crippen LogP contribution in [0, 0.1) is 5.82 Å². The van der Waals surface area contributed by atoms with Gasteiger partial charge in [-0.25, -0.2) is 17.6 Å². The number of thiophene rings is 1. The lowest BCUT2D eigenvalue weighted by Gasteiger charge is -2.24. The number of ketones is 1. The molecule has 0 saturated heterocycles. The lowest BCUT2D eigenvalue weighted by atomic mass is 10.1. The average molecular weight is 593 g/mol. The van der Waals surface area contributed by atoms with Crippen LogP contribution in [0.2, 0.25) is 0 Å². The number of carbonyl (C=O) groups is 2. The van der Waals surface area contributed by atoms with E-state index in [4.69, 9.17) is 14.2 Å². The Balaban J connectivity index is 1.94. The Labute approximate surface area is 237 Å². The maximum atomic E-state index is 13.8. The number of anilines is 1. The van der Waals surface area contributed by atoms with E-state index in [1.54, 1.807) is 45.0 Å². The molecule has 0 saturated carbocycles. The van der Waals surface area contributed by atoms with Crippen LogP contribution in [0.4, 0.5) is 14.2 Å². The zero-order chi connectivity index (χ0) is 29.5. The molecule has 1 amide bonds. The highest BCUT2D eigenvalue weighted by molar-refractivity contribution is 7.89. The standard InChI is InChI=1S/C28H33FN2O7S2/c1-28(2,3)38-27(33)30-26-25(16-24(39-26)22(32)15-19-9-7-6-8-10-19)40(34,35)31(4)17-23(37-18-36-5)20-11-13-21(29)14-12-20/h6-14,16,23H,15,17-18H2,1-5H3,(H,30,33). The van der Waals surface area contributed by atoms with Gasteiger partial charge in [0.1, 0.15) is 28.1 Å². The second kappa shape index (κ2) is 13.5. The average Bonchev–Trinajstić information content (AvgIpc) is 3.31. The number of methoxy groups -OCH3 is 1. The fourth-order valence-corrected chi connectivity index (χ4v) is 6.25. The van der Waals surface area contributed by atoms with E-state index in [9.17, 15) is 22.4 Å². The van der Waals surface area contributed by atoms with Gasteiger partial charge in [0.15, 0.2) is 5.78 Å². The van der Waals surface area contributed by atoms with Gasteiger partial charge in [-0.3, -0.25) is 10.1 Å². The Morgan fingerprint density at radius 2 is 1.73 bits per heavy atom. The zero-order valence-corrected chi connectivity index (χ0v) is 24.6. The van der Waals surface area contributed by atoms with Gasteiger partial charge in [-0.15, -0.1) is 11.3 Å². The van der Waals surface area contributed by atoms with Crippen LogP contribution in [-0.2, 0) is 30.7 Å². The van der Waals surface area contributed by atoms with E-state index in [1.165, 1.54) is 44.5 Å². The van der Waals surface area contributed by atoms with Crippen LogP contribution in [0.5, 0.6) is 0 Å². The van der Waals surface area contributed by atoms with Gasteiger partial charge in [-0.05, 0) is 50.1 Å². The molecule has 0 fully saturated rings. The number of ether oxygens (including phenoxy) is 3. The van der Waals surface area contributed by atoms with E-state index in [0.29, 0.717) is 5.56 Å². The van der Waals surface area contributed by atoms with Crippen molar-refractivity contribution in [3.8, 4) is 0 Å². The number of benzene rings is 2. The van der Waals surface area contributed by atoms with Crippen LogP contribution in [-0.4, -0.2) is 57.7 Å². The van der Waals surface area contributed by atoms with Gasteiger partial charge >= 0.3 is 6.09 Å². The van der Waals surface area contributed by atoms with E-state index in [-0.39, 0.29) is 40.3 Å². The number of amides is 1. The lowest BCUT2D eigenvalue weighted by Crippen LogP contribution is -2.33. The predicted molar refractivity (Wildman–Crippen MR) is 151 cm³/mol. The summed E-state index contributed by atoms with van der Waals surface area (Å²) in [5, 5.41) is 2.45. The second-order valence-corrected chi connectivity index (χ2v) is 13.0. The van der Waals surface area contributed by atoms with Gasteiger partial charge in [0, 0.05) is 27.1 Å². The first-order valence-corrected chi connectivity index (χ1v) is 14.6. The molecule has 1 aromatic heterocycles. The highest BCUT2D eigenvalue weighted by Crippen LogP contribution is 2.35. The van der Waals surface area contributed by atoms with E-state index >= 15 is 0 Å². The quantitative estimate of drug-likeness (QED) is 0.214. The zero-order valence-electron chi connectivity index (χ0n) is 23.0. The van der Waals surface area contributed by atoms with Crippen molar-refractivity contribution in [2.45, 2.75) is 43.8 Å². The van der Waals surface area contributed by atoms with E-state index in [1.807, 2.05) is 6.07 Å². The lowest BCUT2D eigenvalue weighted by molar-refractivity contribution is -0.0763. The third kappa shape index (κ3) is 8.67. The Morgan fingerprint density at radius 3 is 2.33 bits per heavy atom. The van der Waals surface area contributed by atoms with Gasteiger partial charge in [0.2, 0.25) is 10.0 Å². The SMILES string of the molecule is COCOC(CN(C)S(=O)(=O)c1cc(C(=O)Cc2ccccc2)sc1NC(=O)OC(C)(C)C)c1ccc(F)cc1. The summed E-state index contributed by atoms with van der Waals surface area (Å²) in [5.74, 6) is -0.751. The molecule has 0 radical (unpaired) electrons. The number of hydrogen-bond donors (Lipinski definition) is 1. The van der Waals surface area contributed by atoms with Crippen LogP contribution in [0.25, 0.3) is 0 Å². The number of rotatable bonds is 12. The number of likely N-dealkylation sites (N-methyl/N-ethyl adjacent to an activating group) is 1. The number of sulfonamides is 1. The van der Waals surface area contributed by atoms with Crippen molar-refractivity contribution in [3.63, 3.8) is 0 Å². The third-order valence-electron chi connectivity index (χ3n) is 5.53. The Bertz CT molecular complexity index is 1400. The fraction of sp³-hybridized carbons (Fsp3) is 0.357. The molecule has 40 heavy (non-hydrogen) atoms. The Kier molecular flexibility index (Phi) is 10.6. The number of halogens is 1. The minimum Gasteiger partial charge on any atom is -0.444 e. The van der Waals surface area contributed by atoms with Crippen LogP contribution in [0.15, 0.2) is 65.6 Å². The van der Waals surface area contributed by atoms with Crippen LogP contribution < -0.4 is 5.32 Å². The number of carbonyl (C=O) groups excluding carboxylic acids is 2. The summed E-state index contributed by atoms with van der Waals surface area (Å²) in [6, 6.07) is 15.8. The van der Waals surface area contributed by atoms with E-state index < -0.39 is 33.6 Å². The molecule has 0 aliphatic rings. The largest absolute Gasteiger partial charge is 0.444 e. The second-order valence-electron chi connectivity index (χ2n) is 9.92. The maximum absolute atomic E-state index is 13.8. The van der Waals surface area contributed by atoms with Crippen molar-refractivity contribution in [1.29, 1.82) is 0 Å². The van der Waals surface area contributed by atoms with Crippen LogP contribution >= 0.6 is 11.3 Å². The van der Waals surface area contributed by atoms with Crippen molar-refractivity contribution >= 4 is 38.2 Å². The molecule has 216 valence electrons. The maximum Gasteiger partial charge on any atom is 0.412 e. The van der Waals surface area contributed by atoms with E-state index in [2.05, 4.69) is 5.32 Å². The van der Waals surface area contributed by atoms with Crippen LogP contribution in [0.3, 0.4) is 0 Å². The number of hydrogen-bond acceptors (Lipinski definition) is 8. The molecule has 1 N–H and O–H groups in total. The molecule has 1 atom stereocenters. The summed E-state index contributed by atoms with van der Waals surface area (Å²) in [6.07, 6.45) is -1.59. The summed E-state index contributed by atoms with van der Waals surface area (Å²) in [5.41, 5.74) is 0.475. The van der Waals surface area contributed by atoms with Gasteiger partial charge in [0.05, 0.1) is 11.0 Å². The Morgan fingerprint density at radius 1 is 1.07 bits per heavy atom. The molecule has 3 aromatic rings. The molecule has 9 nitrogen and oxygen atoms in total.